The average Bonchev–Trinajstić information content (AvgIpc) is 2.91. The number of hydrogen-bond donors (Lipinski definition) is 2. The van der Waals surface area contributed by atoms with Crippen LogP contribution in [0.25, 0.3) is 0 Å². The topological polar surface area (TPSA) is 87.1 Å². The van der Waals surface area contributed by atoms with Gasteiger partial charge in [-0.2, -0.15) is 0 Å². The zero-order valence-electron chi connectivity index (χ0n) is 22.1. The van der Waals surface area contributed by atoms with Crippen LogP contribution >= 0.6 is 0 Å². The molecule has 5 rings (SSSR count). The maximum atomic E-state index is 13.6. The number of carboxylic acids is 1. The molecule has 2 saturated heterocycles. The van der Waals surface area contributed by atoms with Crippen LogP contribution in [0.3, 0.4) is 0 Å². The van der Waals surface area contributed by atoms with Crippen molar-refractivity contribution in [1.29, 1.82) is 0 Å². The van der Waals surface area contributed by atoms with Gasteiger partial charge in [-0.05, 0) is 85.2 Å². The molecule has 210 valence electrons. The van der Waals surface area contributed by atoms with Crippen molar-refractivity contribution in [2.75, 3.05) is 4.90 Å². The van der Waals surface area contributed by atoms with Gasteiger partial charge in [0.15, 0.2) is 0 Å². The molecule has 2 N–H and O–H groups in total. The van der Waals surface area contributed by atoms with E-state index >= 15 is 0 Å². The second-order valence-electron chi connectivity index (χ2n) is 10.8. The molecule has 40 heavy (non-hydrogen) atoms. The lowest BCUT2D eigenvalue weighted by atomic mass is 9.78. The quantitative estimate of drug-likeness (QED) is 0.321. The Morgan fingerprint density at radius 1 is 0.875 bits per heavy atom. The van der Waals surface area contributed by atoms with Gasteiger partial charge in [0.1, 0.15) is 11.6 Å². The number of ether oxygens (including phenoxy) is 1. The number of benzene rings is 3. The van der Waals surface area contributed by atoms with Crippen molar-refractivity contribution >= 4 is 17.6 Å². The maximum Gasteiger partial charge on any atom is 0.305 e. The molecule has 0 aromatic heterocycles. The normalized spacial score (nSPS) is 24.5. The highest BCUT2D eigenvalue weighted by molar-refractivity contribution is 6.03. The van der Waals surface area contributed by atoms with E-state index in [9.17, 15) is 23.5 Å². The summed E-state index contributed by atoms with van der Waals surface area (Å²) < 4.78 is 32.8. The summed E-state index contributed by atoms with van der Waals surface area (Å²) in [4.78, 5) is 26.1. The molecule has 0 radical (unpaired) electrons. The fraction of sp³-hybridized carbons (Fsp3) is 0.375. The molecule has 0 unspecified atom stereocenters. The van der Waals surface area contributed by atoms with Crippen LogP contribution in [-0.4, -0.2) is 40.4 Å². The van der Waals surface area contributed by atoms with Gasteiger partial charge >= 0.3 is 5.97 Å². The Hall–Kier alpha value is -3.62. The number of carbonyl (C=O) groups excluding carboxylic acids is 1. The second kappa shape index (κ2) is 12.3. The van der Waals surface area contributed by atoms with Gasteiger partial charge in [-0.3, -0.25) is 9.59 Å². The van der Waals surface area contributed by atoms with Crippen molar-refractivity contribution in [2.24, 2.45) is 5.92 Å². The molecule has 0 aliphatic carbocycles. The monoisotopic (exact) mass is 549 g/mol. The molecule has 1 amide bonds. The van der Waals surface area contributed by atoms with E-state index in [1.807, 2.05) is 24.3 Å². The summed E-state index contributed by atoms with van der Waals surface area (Å²) in [5, 5.41) is 19.3. The molecule has 6 nitrogen and oxygen atoms in total. The second-order valence-corrected chi connectivity index (χ2v) is 10.8. The van der Waals surface area contributed by atoms with E-state index in [0.717, 1.165) is 29.5 Å². The van der Waals surface area contributed by atoms with E-state index in [1.54, 1.807) is 29.2 Å². The lowest BCUT2D eigenvalue weighted by Crippen LogP contribution is -2.55. The Kier molecular flexibility index (Phi) is 8.57. The van der Waals surface area contributed by atoms with Crippen LogP contribution in [0.15, 0.2) is 72.8 Å². The number of halogens is 2. The molecule has 2 aliphatic heterocycles. The van der Waals surface area contributed by atoms with E-state index in [-0.39, 0.29) is 42.0 Å². The first-order chi connectivity index (χ1) is 19.3. The Morgan fingerprint density at radius 2 is 1.48 bits per heavy atom. The molecule has 0 spiro atoms. The number of carboxylic acid groups (broad SMARTS) is 1. The lowest BCUT2D eigenvalue weighted by Gasteiger charge is -2.48. The lowest BCUT2D eigenvalue weighted by molar-refractivity contribution is -0.146. The van der Waals surface area contributed by atoms with Crippen molar-refractivity contribution in [1.82, 2.24) is 0 Å². The number of anilines is 1. The van der Waals surface area contributed by atoms with Crippen LogP contribution in [-0.2, 0) is 27.2 Å². The Labute approximate surface area is 232 Å². The van der Waals surface area contributed by atoms with Gasteiger partial charge in [0, 0.05) is 12.1 Å². The zero-order chi connectivity index (χ0) is 28.2. The number of hydrogen-bond acceptors (Lipinski definition) is 4. The van der Waals surface area contributed by atoms with Gasteiger partial charge in [-0.25, -0.2) is 8.78 Å². The summed E-state index contributed by atoms with van der Waals surface area (Å²) in [5.41, 5.74) is 3.62. The smallest absolute Gasteiger partial charge is 0.305 e. The summed E-state index contributed by atoms with van der Waals surface area (Å²) >= 11 is 0. The first kappa shape index (κ1) is 27.9. The van der Waals surface area contributed by atoms with Crippen molar-refractivity contribution in [3.05, 3.63) is 101 Å². The van der Waals surface area contributed by atoms with Gasteiger partial charge in [0.2, 0.25) is 5.91 Å². The van der Waals surface area contributed by atoms with Crippen LogP contribution in [0.1, 0.15) is 54.8 Å². The molecule has 2 heterocycles. The molecule has 3 aromatic carbocycles. The molecule has 2 fully saturated rings. The minimum atomic E-state index is -0.949. The van der Waals surface area contributed by atoms with Crippen LogP contribution in [0.4, 0.5) is 14.5 Å². The Morgan fingerprint density at radius 3 is 2.12 bits per heavy atom. The van der Waals surface area contributed by atoms with Gasteiger partial charge in [0.05, 0.1) is 36.7 Å². The van der Waals surface area contributed by atoms with Gasteiger partial charge in [0.25, 0.3) is 0 Å². The highest BCUT2D eigenvalue weighted by Gasteiger charge is 2.48. The number of aryl methyl sites for hydroxylation is 1. The number of rotatable bonds is 10. The average molecular weight is 550 g/mol. The molecular weight excluding hydrogens is 516 g/mol. The van der Waals surface area contributed by atoms with E-state index in [2.05, 4.69) is 0 Å². The Bertz CT molecular complexity index is 1310. The summed E-state index contributed by atoms with van der Waals surface area (Å²) in [6.07, 6.45) is 1.97. The number of amides is 1. The zero-order valence-corrected chi connectivity index (χ0v) is 22.1. The molecule has 8 heteroatoms. The minimum Gasteiger partial charge on any atom is -0.481 e. The van der Waals surface area contributed by atoms with Crippen molar-refractivity contribution in [3.8, 4) is 0 Å². The van der Waals surface area contributed by atoms with Crippen molar-refractivity contribution < 1.29 is 33.3 Å². The van der Waals surface area contributed by atoms with Crippen LogP contribution in [0.2, 0.25) is 0 Å². The predicted octanol–water partition coefficient (Wildman–Crippen LogP) is 5.62. The van der Waals surface area contributed by atoms with Crippen LogP contribution in [0, 0.1) is 17.6 Å². The van der Waals surface area contributed by atoms with E-state index < -0.39 is 18.2 Å². The fourth-order valence-corrected chi connectivity index (χ4v) is 5.94. The third-order valence-corrected chi connectivity index (χ3v) is 7.85. The number of nitrogens with zero attached hydrogens (tertiary/aromatic N) is 1. The maximum absolute atomic E-state index is 13.6. The van der Waals surface area contributed by atoms with Crippen LogP contribution in [0.5, 0.6) is 0 Å². The van der Waals surface area contributed by atoms with E-state index in [0.29, 0.717) is 31.4 Å². The number of β-lactam (4-membered cyclic amide) rings is 1. The molecule has 2 aliphatic rings. The third-order valence-electron chi connectivity index (χ3n) is 7.85. The standard InChI is InChI=1S/C32H33F2NO5/c33-23-10-6-20(7-11-23)2-1-3-29-31(35(32(29)39)25-14-12-24(34)13-15-25)22-8-4-21(5-9-22)16-27-17-26(36)18-28(40-27)19-30(37)38/h4-15,26-29,31,36H,1-3,16-19H2,(H,37,38)/t26-,27+,28+,29-,31-/m1/s1. The number of carbonyl (C=O) groups is 2. The molecule has 0 saturated carbocycles. The Balaban J connectivity index is 1.29. The van der Waals surface area contributed by atoms with Crippen LogP contribution < -0.4 is 4.90 Å². The van der Waals surface area contributed by atoms with Gasteiger partial charge < -0.3 is 19.8 Å². The highest BCUT2D eigenvalue weighted by Crippen LogP contribution is 2.45. The minimum absolute atomic E-state index is 0.00569. The van der Waals surface area contributed by atoms with Crippen molar-refractivity contribution in [3.63, 3.8) is 0 Å². The summed E-state index contributed by atoms with van der Waals surface area (Å²) in [5.74, 6) is -1.83. The molecular formula is C32H33F2NO5. The van der Waals surface area contributed by atoms with Crippen molar-refractivity contribution in [2.45, 2.75) is 69.3 Å². The van der Waals surface area contributed by atoms with Gasteiger partial charge in [-0.1, -0.05) is 36.4 Å². The third kappa shape index (κ3) is 6.57. The number of aliphatic hydroxyl groups excluding tert-OH is 1. The number of aliphatic carboxylic acids is 1. The first-order valence-corrected chi connectivity index (χ1v) is 13.7. The molecule has 3 aromatic rings. The SMILES string of the molecule is O=C(O)C[C@@H]1C[C@H](O)C[C@H](Cc2ccc([C@@H]3[C@@H](CCCc4ccc(F)cc4)C(=O)N3c3ccc(F)cc3)cc2)O1. The van der Waals surface area contributed by atoms with E-state index in [4.69, 9.17) is 9.84 Å². The molecule has 0 bridgehead atoms. The summed E-state index contributed by atoms with van der Waals surface area (Å²) in [6.45, 7) is 0. The highest BCUT2D eigenvalue weighted by atomic mass is 19.1. The first-order valence-electron chi connectivity index (χ1n) is 13.7. The predicted molar refractivity (Wildman–Crippen MR) is 146 cm³/mol. The van der Waals surface area contributed by atoms with Gasteiger partial charge in [-0.15, -0.1) is 0 Å². The molecule has 5 atom stereocenters. The summed E-state index contributed by atoms with van der Waals surface area (Å²) in [6, 6.07) is 20.1. The largest absolute Gasteiger partial charge is 0.481 e. The summed E-state index contributed by atoms with van der Waals surface area (Å²) in [7, 11) is 0. The fourth-order valence-electron chi connectivity index (χ4n) is 5.94. The number of aliphatic hydroxyl groups is 1. The van der Waals surface area contributed by atoms with E-state index in [1.165, 1.54) is 24.3 Å².